The molecule has 0 aliphatic carbocycles. The van der Waals surface area contributed by atoms with E-state index in [1.165, 1.54) is 18.3 Å². The third-order valence-electron chi connectivity index (χ3n) is 4.50. The summed E-state index contributed by atoms with van der Waals surface area (Å²) in [6.07, 6.45) is 5.20. The molecule has 0 atom stereocenters. The predicted molar refractivity (Wildman–Crippen MR) is 110 cm³/mol. The average Bonchev–Trinajstić information content (AvgIpc) is 3.39. The van der Waals surface area contributed by atoms with E-state index in [-0.39, 0.29) is 18.1 Å². The molecule has 2 heterocycles. The molecule has 2 aromatic heterocycles. The van der Waals surface area contributed by atoms with Crippen molar-refractivity contribution in [2.45, 2.75) is 6.42 Å². The van der Waals surface area contributed by atoms with Gasteiger partial charge in [-0.15, -0.1) is 0 Å². The van der Waals surface area contributed by atoms with E-state index in [4.69, 9.17) is 5.73 Å². The van der Waals surface area contributed by atoms with Gasteiger partial charge in [-0.05, 0) is 54.1 Å². The van der Waals surface area contributed by atoms with Gasteiger partial charge >= 0.3 is 0 Å². The molecule has 3 N–H and O–H groups in total. The predicted octanol–water partition coefficient (Wildman–Crippen LogP) is 3.08. The highest BCUT2D eigenvalue weighted by atomic mass is 19.1. The fourth-order valence-electron chi connectivity index (χ4n) is 3.10. The molecule has 0 saturated carbocycles. The molecule has 0 bridgehead atoms. The second-order valence-electron chi connectivity index (χ2n) is 6.65. The zero-order valence-corrected chi connectivity index (χ0v) is 15.8. The zero-order valence-electron chi connectivity index (χ0n) is 15.8. The Balaban J connectivity index is 1.66. The minimum absolute atomic E-state index is 0.135. The smallest absolute Gasteiger partial charge is 0.261 e. The quantitative estimate of drug-likeness (QED) is 0.518. The zero-order chi connectivity index (χ0) is 21.1. The van der Waals surface area contributed by atoms with Crippen molar-refractivity contribution in [3.63, 3.8) is 0 Å². The molecular formula is C22H18FN5O2. The van der Waals surface area contributed by atoms with Crippen LogP contribution in [0.3, 0.4) is 0 Å². The van der Waals surface area contributed by atoms with Gasteiger partial charge in [0.05, 0.1) is 18.3 Å². The summed E-state index contributed by atoms with van der Waals surface area (Å²) in [5.74, 6) is -0.605. The highest BCUT2D eigenvalue weighted by Gasteiger charge is 2.20. The summed E-state index contributed by atoms with van der Waals surface area (Å²) >= 11 is 0. The van der Waals surface area contributed by atoms with Crippen molar-refractivity contribution in [2.75, 3.05) is 5.32 Å². The van der Waals surface area contributed by atoms with E-state index in [9.17, 15) is 14.0 Å². The number of primary amides is 1. The van der Waals surface area contributed by atoms with Crippen molar-refractivity contribution in [1.82, 2.24) is 14.3 Å². The number of amides is 2. The van der Waals surface area contributed by atoms with Crippen LogP contribution in [0.5, 0.6) is 0 Å². The number of carbonyl (C=O) groups is 2. The van der Waals surface area contributed by atoms with E-state index < -0.39 is 5.91 Å². The standard InChI is InChI=1S/C22H18FN5O2/c23-16-5-9-18(10-6-16)28-22(27-11-1-2-12-27)19(14-25-28)21(30)26-17-7-3-15(4-8-17)13-20(24)29/h1-12,14H,13H2,(H2,24,29)(H,26,30). The molecule has 0 aliphatic heterocycles. The molecule has 0 unspecified atom stereocenters. The maximum atomic E-state index is 13.3. The number of rotatable bonds is 6. The average molecular weight is 403 g/mol. The van der Waals surface area contributed by atoms with Gasteiger partial charge in [-0.3, -0.25) is 9.59 Å². The van der Waals surface area contributed by atoms with Crippen molar-refractivity contribution in [1.29, 1.82) is 0 Å². The van der Waals surface area contributed by atoms with Crippen LogP contribution in [0, 0.1) is 5.82 Å². The first-order valence-electron chi connectivity index (χ1n) is 9.17. The summed E-state index contributed by atoms with van der Waals surface area (Å²) in [7, 11) is 0. The van der Waals surface area contributed by atoms with Crippen LogP contribution in [-0.2, 0) is 11.2 Å². The van der Waals surface area contributed by atoms with Crippen molar-refractivity contribution >= 4 is 17.5 Å². The molecule has 7 nitrogen and oxygen atoms in total. The minimum atomic E-state index is -0.420. The molecule has 0 fully saturated rings. The Morgan fingerprint density at radius 1 is 1.00 bits per heavy atom. The van der Waals surface area contributed by atoms with Gasteiger partial charge in [-0.2, -0.15) is 5.10 Å². The third-order valence-corrected chi connectivity index (χ3v) is 4.50. The molecule has 2 amide bonds. The number of aromatic nitrogens is 3. The lowest BCUT2D eigenvalue weighted by molar-refractivity contribution is -0.117. The third kappa shape index (κ3) is 3.97. The Morgan fingerprint density at radius 3 is 2.30 bits per heavy atom. The summed E-state index contributed by atoms with van der Waals surface area (Å²) in [5.41, 5.74) is 7.50. The lowest BCUT2D eigenvalue weighted by Crippen LogP contribution is -2.16. The van der Waals surface area contributed by atoms with Gasteiger partial charge < -0.3 is 15.6 Å². The first kappa shape index (κ1) is 19.1. The number of nitrogens with zero attached hydrogens (tertiary/aromatic N) is 3. The highest BCUT2D eigenvalue weighted by molar-refractivity contribution is 6.06. The van der Waals surface area contributed by atoms with Crippen LogP contribution in [0.2, 0.25) is 0 Å². The highest BCUT2D eigenvalue weighted by Crippen LogP contribution is 2.21. The lowest BCUT2D eigenvalue weighted by Gasteiger charge is -2.11. The lowest BCUT2D eigenvalue weighted by atomic mass is 10.1. The molecule has 150 valence electrons. The first-order valence-corrected chi connectivity index (χ1v) is 9.17. The van der Waals surface area contributed by atoms with Crippen LogP contribution < -0.4 is 11.1 Å². The molecular weight excluding hydrogens is 385 g/mol. The molecule has 0 spiro atoms. The van der Waals surface area contributed by atoms with Crippen molar-refractivity contribution < 1.29 is 14.0 Å². The van der Waals surface area contributed by atoms with E-state index in [1.54, 1.807) is 58.0 Å². The summed E-state index contributed by atoms with van der Waals surface area (Å²) < 4.78 is 16.7. The number of nitrogens with one attached hydrogen (secondary N) is 1. The van der Waals surface area contributed by atoms with Gasteiger partial charge in [0, 0.05) is 18.1 Å². The van der Waals surface area contributed by atoms with Gasteiger partial charge in [0.25, 0.3) is 5.91 Å². The number of hydrogen-bond donors (Lipinski definition) is 2. The van der Waals surface area contributed by atoms with E-state index in [0.717, 1.165) is 5.56 Å². The number of benzene rings is 2. The first-order chi connectivity index (χ1) is 14.5. The van der Waals surface area contributed by atoms with Gasteiger partial charge in [0.15, 0.2) is 5.82 Å². The maximum Gasteiger partial charge on any atom is 0.261 e. The normalized spacial score (nSPS) is 10.7. The molecule has 30 heavy (non-hydrogen) atoms. The maximum absolute atomic E-state index is 13.3. The Hall–Kier alpha value is -4.20. The van der Waals surface area contributed by atoms with Crippen molar-refractivity contribution in [2.24, 2.45) is 5.73 Å². The van der Waals surface area contributed by atoms with Gasteiger partial charge in [-0.1, -0.05) is 12.1 Å². The molecule has 4 rings (SSSR count). The van der Waals surface area contributed by atoms with Crippen LogP contribution in [0.25, 0.3) is 11.5 Å². The Bertz CT molecular complexity index is 1180. The fraction of sp³-hybridized carbons (Fsp3) is 0.0455. The van der Waals surface area contributed by atoms with Gasteiger partial charge in [0.1, 0.15) is 11.4 Å². The molecule has 0 aliphatic rings. The SMILES string of the molecule is NC(=O)Cc1ccc(NC(=O)c2cnn(-c3ccc(F)cc3)c2-n2cccc2)cc1. The van der Waals surface area contributed by atoms with Gasteiger partial charge in [-0.25, -0.2) is 9.07 Å². The molecule has 2 aromatic carbocycles. The molecule has 4 aromatic rings. The van der Waals surface area contributed by atoms with Gasteiger partial charge in [0.2, 0.25) is 5.91 Å². The van der Waals surface area contributed by atoms with E-state index >= 15 is 0 Å². The fourth-order valence-corrected chi connectivity index (χ4v) is 3.10. The van der Waals surface area contributed by atoms with E-state index in [2.05, 4.69) is 10.4 Å². The van der Waals surface area contributed by atoms with Crippen LogP contribution in [0.1, 0.15) is 15.9 Å². The van der Waals surface area contributed by atoms with E-state index in [0.29, 0.717) is 22.8 Å². The van der Waals surface area contributed by atoms with Crippen molar-refractivity contribution in [3.8, 4) is 11.5 Å². The van der Waals surface area contributed by atoms with E-state index in [1.807, 2.05) is 12.1 Å². The van der Waals surface area contributed by atoms with Crippen LogP contribution in [0.4, 0.5) is 10.1 Å². The number of anilines is 1. The molecule has 0 saturated heterocycles. The summed E-state index contributed by atoms with van der Waals surface area (Å²) in [6, 6.07) is 16.4. The second-order valence-corrected chi connectivity index (χ2v) is 6.65. The number of hydrogen-bond acceptors (Lipinski definition) is 3. The topological polar surface area (TPSA) is 94.9 Å². The number of carbonyl (C=O) groups excluding carboxylic acids is 2. The largest absolute Gasteiger partial charge is 0.369 e. The number of nitrogens with two attached hydrogens (primary N) is 1. The summed E-state index contributed by atoms with van der Waals surface area (Å²) in [6.45, 7) is 0. The minimum Gasteiger partial charge on any atom is -0.369 e. The van der Waals surface area contributed by atoms with Crippen LogP contribution >= 0.6 is 0 Å². The Morgan fingerprint density at radius 2 is 1.67 bits per heavy atom. The Kier molecular flexibility index (Phi) is 5.13. The molecule has 0 radical (unpaired) electrons. The second kappa shape index (κ2) is 8.04. The Labute approximate surface area is 171 Å². The van der Waals surface area contributed by atoms with Crippen molar-refractivity contribution in [3.05, 3.63) is 96.2 Å². The van der Waals surface area contributed by atoms with Crippen LogP contribution in [0.15, 0.2) is 79.3 Å². The summed E-state index contributed by atoms with van der Waals surface area (Å²) in [5, 5.41) is 7.18. The summed E-state index contributed by atoms with van der Waals surface area (Å²) in [4.78, 5) is 24.0. The molecule has 8 heteroatoms. The monoisotopic (exact) mass is 403 g/mol. The number of halogens is 1. The van der Waals surface area contributed by atoms with Crippen LogP contribution in [-0.4, -0.2) is 26.2 Å².